The van der Waals surface area contributed by atoms with Crippen LogP contribution in [0.1, 0.15) is 31.8 Å². The molecule has 0 fully saturated rings. The minimum absolute atomic E-state index is 0.178. The van der Waals surface area contributed by atoms with Gasteiger partial charge in [0.1, 0.15) is 0 Å². The average Bonchev–Trinajstić information content (AvgIpc) is 2.89. The Bertz CT molecular complexity index is 1410. The second kappa shape index (κ2) is 10.7. The van der Waals surface area contributed by atoms with E-state index in [2.05, 4.69) is 5.32 Å². The van der Waals surface area contributed by atoms with E-state index in [1.54, 1.807) is 61.6 Å². The third kappa shape index (κ3) is 5.50. The molecule has 0 aliphatic heterocycles. The van der Waals surface area contributed by atoms with Crippen LogP contribution in [0.3, 0.4) is 0 Å². The molecule has 6 nitrogen and oxygen atoms in total. The molecule has 4 aromatic rings. The van der Waals surface area contributed by atoms with Crippen LogP contribution in [0.4, 0.5) is 11.4 Å². The first-order chi connectivity index (χ1) is 17.3. The molecule has 0 aromatic heterocycles. The van der Waals surface area contributed by atoms with E-state index in [1.807, 2.05) is 49.4 Å². The first-order valence-corrected chi connectivity index (χ1v) is 11.5. The second-order valence-electron chi connectivity index (χ2n) is 8.51. The summed E-state index contributed by atoms with van der Waals surface area (Å²) in [5, 5.41) is 12.1. The number of benzene rings is 4. The molecule has 2 N–H and O–H groups in total. The van der Waals surface area contributed by atoms with Gasteiger partial charge in [-0.3, -0.25) is 14.4 Å². The van der Waals surface area contributed by atoms with E-state index in [9.17, 15) is 14.4 Å². The Hall–Kier alpha value is -4.71. The van der Waals surface area contributed by atoms with Crippen LogP contribution in [0.5, 0.6) is 0 Å². The highest BCUT2D eigenvalue weighted by atomic mass is 16.4. The number of rotatable bonds is 7. The molecule has 6 heteroatoms. The van der Waals surface area contributed by atoms with E-state index >= 15 is 0 Å². The van der Waals surface area contributed by atoms with Gasteiger partial charge in [0, 0.05) is 29.5 Å². The molecule has 0 saturated carbocycles. The van der Waals surface area contributed by atoms with Gasteiger partial charge in [-0.05, 0) is 60.0 Å². The molecular weight excluding hydrogens is 452 g/mol. The highest BCUT2D eigenvalue weighted by Crippen LogP contribution is 2.26. The molecule has 0 unspecified atom stereocenters. The number of carbonyl (C=O) groups is 3. The van der Waals surface area contributed by atoms with E-state index in [1.165, 1.54) is 4.90 Å². The Balaban J connectivity index is 1.50. The molecule has 0 atom stereocenters. The molecule has 0 radical (unpaired) electrons. The molecule has 0 heterocycles. The van der Waals surface area contributed by atoms with Crippen LogP contribution >= 0.6 is 0 Å². The van der Waals surface area contributed by atoms with Crippen molar-refractivity contribution >= 4 is 29.2 Å². The average molecular weight is 479 g/mol. The zero-order valence-electron chi connectivity index (χ0n) is 20.1. The van der Waals surface area contributed by atoms with Crippen molar-refractivity contribution in [1.82, 2.24) is 0 Å². The third-order valence-corrected chi connectivity index (χ3v) is 5.92. The Kier molecular flexibility index (Phi) is 7.25. The topological polar surface area (TPSA) is 86.7 Å². The van der Waals surface area contributed by atoms with Gasteiger partial charge < -0.3 is 15.3 Å². The van der Waals surface area contributed by atoms with E-state index < -0.39 is 5.97 Å². The number of carboxylic acids is 1. The Morgan fingerprint density at radius 3 is 2.14 bits per heavy atom. The van der Waals surface area contributed by atoms with Crippen molar-refractivity contribution in [2.45, 2.75) is 13.3 Å². The summed E-state index contributed by atoms with van der Waals surface area (Å²) in [4.78, 5) is 38.8. The fraction of sp³-hybridized carbons (Fsp3) is 0.100. The zero-order valence-corrected chi connectivity index (χ0v) is 20.1. The maximum Gasteiger partial charge on any atom is 0.307 e. The highest BCUT2D eigenvalue weighted by molar-refractivity contribution is 6.09. The molecule has 4 aromatic carbocycles. The smallest absolute Gasteiger partial charge is 0.307 e. The summed E-state index contributed by atoms with van der Waals surface area (Å²) < 4.78 is 0. The monoisotopic (exact) mass is 478 g/mol. The predicted octanol–water partition coefficient (Wildman–Crippen LogP) is 5.82. The van der Waals surface area contributed by atoms with Gasteiger partial charge in [-0.2, -0.15) is 0 Å². The normalized spacial score (nSPS) is 10.5. The van der Waals surface area contributed by atoms with Gasteiger partial charge in [0.15, 0.2) is 0 Å². The van der Waals surface area contributed by atoms with Crippen LogP contribution in [0.15, 0.2) is 97.1 Å². The van der Waals surface area contributed by atoms with Gasteiger partial charge in [-0.15, -0.1) is 0 Å². The SMILES string of the molecule is Cc1ccc(-c2ccccc2C(=O)Nc2ccc(C(=O)N(C)c3ccccc3CC(=O)O)cc2)cc1. The van der Waals surface area contributed by atoms with Gasteiger partial charge >= 0.3 is 5.97 Å². The highest BCUT2D eigenvalue weighted by Gasteiger charge is 2.18. The summed E-state index contributed by atoms with van der Waals surface area (Å²) in [6, 6.07) is 29.0. The largest absolute Gasteiger partial charge is 0.481 e. The zero-order chi connectivity index (χ0) is 25.7. The summed E-state index contributed by atoms with van der Waals surface area (Å²) >= 11 is 0. The van der Waals surface area contributed by atoms with Crippen LogP contribution in [-0.2, 0) is 11.2 Å². The van der Waals surface area contributed by atoms with Crippen LogP contribution in [-0.4, -0.2) is 29.9 Å². The number of hydrogen-bond donors (Lipinski definition) is 2. The van der Waals surface area contributed by atoms with Crippen molar-refractivity contribution in [3.8, 4) is 11.1 Å². The minimum atomic E-state index is -0.965. The number of carboxylic acid groups (broad SMARTS) is 1. The van der Waals surface area contributed by atoms with Crippen LogP contribution < -0.4 is 10.2 Å². The Morgan fingerprint density at radius 2 is 1.44 bits per heavy atom. The molecule has 0 spiro atoms. The molecule has 180 valence electrons. The summed E-state index contributed by atoms with van der Waals surface area (Å²) in [5.41, 5.74) is 5.56. The lowest BCUT2D eigenvalue weighted by atomic mass is 9.98. The lowest BCUT2D eigenvalue weighted by Crippen LogP contribution is -2.27. The number of anilines is 2. The van der Waals surface area contributed by atoms with Crippen LogP contribution in [0.2, 0.25) is 0 Å². The number of carbonyl (C=O) groups excluding carboxylic acids is 2. The molecule has 4 rings (SSSR count). The third-order valence-electron chi connectivity index (χ3n) is 5.92. The van der Waals surface area contributed by atoms with Crippen molar-refractivity contribution in [2.24, 2.45) is 0 Å². The van der Waals surface area contributed by atoms with E-state index in [0.29, 0.717) is 28.1 Å². The molecule has 0 aliphatic carbocycles. The Morgan fingerprint density at radius 1 is 0.806 bits per heavy atom. The van der Waals surface area contributed by atoms with Crippen molar-refractivity contribution in [1.29, 1.82) is 0 Å². The fourth-order valence-electron chi connectivity index (χ4n) is 4.01. The number of amides is 2. The quantitative estimate of drug-likeness (QED) is 0.351. The van der Waals surface area contributed by atoms with Gasteiger partial charge in [0.2, 0.25) is 0 Å². The standard InChI is InChI=1S/C30H26N2O4/c1-20-11-13-21(14-12-20)25-8-4-5-9-26(25)29(35)31-24-17-15-22(16-18-24)30(36)32(2)27-10-6-3-7-23(27)19-28(33)34/h3-18H,19H2,1-2H3,(H,31,35)(H,33,34). The molecular formula is C30H26N2O4. The summed E-state index contributed by atoms with van der Waals surface area (Å²) in [6.07, 6.45) is -0.178. The maximum atomic E-state index is 13.1. The first-order valence-electron chi connectivity index (χ1n) is 11.5. The maximum absolute atomic E-state index is 13.1. The lowest BCUT2D eigenvalue weighted by molar-refractivity contribution is -0.136. The van der Waals surface area contributed by atoms with Gasteiger partial charge in [-0.25, -0.2) is 0 Å². The second-order valence-corrected chi connectivity index (χ2v) is 8.51. The summed E-state index contributed by atoms with van der Waals surface area (Å²) in [5.74, 6) is -1.49. The fourth-order valence-corrected chi connectivity index (χ4v) is 4.01. The minimum Gasteiger partial charge on any atom is -0.481 e. The van der Waals surface area contributed by atoms with Crippen molar-refractivity contribution in [2.75, 3.05) is 17.3 Å². The summed E-state index contributed by atoms with van der Waals surface area (Å²) in [7, 11) is 1.61. The number of aliphatic carboxylic acids is 1. The predicted molar refractivity (Wildman–Crippen MR) is 142 cm³/mol. The van der Waals surface area contributed by atoms with Crippen molar-refractivity contribution in [3.05, 3.63) is 119 Å². The molecule has 2 amide bonds. The van der Waals surface area contributed by atoms with Crippen molar-refractivity contribution < 1.29 is 19.5 Å². The first kappa shape index (κ1) is 24.4. The molecule has 36 heavy (non-hydrogen) atoms. The van der Waals surface area contributed by atoms with Gasteiger partial charge in [0.25, 0.3) is 11.8 Å². The number of hydrogen-bond acceptors (Lipinski definition) is 3. The van der Waals surface area contributed by atoms with Gasteiger partial charge in [0.05, 0.1) is 6.42 Å². The molecule has 0 saturated heterocycles. The lowest BCUT2D eigenvalue weighted by Gasteiger charge is -2.20. The molecule has 0 aliphatic rings. The van der Waals surface area contributed by atoms with Crippen LogP contribution in [0, 0.1) is 6.92 Å². The molecule has 0 bridgehead atoms. The summed E-state index contributed by atoms with van der Waals surface area (Å²) in [6.45, 7) is 2.02. The van der Waals surface area contributed by atoms with Gasteiger partial charge in [-0.1, -0.05) is 66.2 Å². The van der Waals surface area contributed by atoms with E-state index in [0.717, 1.165) is 16.7 Å². The number of para-hydroxylation sites is 1. The van der Waals surface area contributed by atoms with Crippen LogP contribution in [0.25, 0.3) is 11.1 Å². The van der Waals surface area contributed by atoms with E-state index in [-0.39, 0.29) is 18.2 Å². The number of aryl methyl sites for hydroxylation is 1. The Labute approximate surface area is 209 Å². The number of nitrogens with zero attached hydrogens (tertiary/aromatic N) is 1. The van der Waals surface area contributed by atoms with E-state index in [4.69, 9.17) is 5.11 Å². The van der Waals surface area contributed by atoms with Crippen molar-refractivity contribution in [3.63, 3.8) is 0 Å². The number of nitrogens with one attached hydrogen (secondary N) is 1.